The van der Waals surface area contributed by atoms with Gasteiger partial charge in [0.25, 0.3) is 0 Å². The summed E-state index contributed by atoms with van der Waals surface area (Å²) in [6.45, 7) is 0. The highest BCUT2D eigenvalue weighted by atomic mass is 32.2. The molecule has 0 radical (unpaired) electrons. The minimum atomic E-state index is -4.63. The van der Waals surface area contributed by atoms with Crippen LogP contribution in [0.2, 0.25) is 0 Å². The molecule has 1 heterocycles. The molecule has 4 aromatic rings. The Bertz CT molecular complexity index is 1310. The van der Waals surface area contributed by atoms with E-state index in [2.05, 4.69) is 5.10 Å². The van der Waals surface area contributed by atoms with E-state index in [4.69, 9.17) is 5.14 Å². The van der Waals surface area contributed by atoms with Crippen molar-refractivity contribution in [1.29, 1.82) is 0 Å². The van der Waals surface area contributed by atoms with Crippen molar-refractivity contribution in [2.75, 3.05) is 0 Å². The summed E-state index contributed by atoms with van der Waals surface area (Å²) in [5.41, 5.74) is 0.0332. The summed E-state index contributed by atoms with van der Waals surface area (Å²) < 4.78 is 64.2. The van der Waals surface area contributed by atoms with Crippen LogP contribution in [0.25, 0.3) is 27.7 Å². The molecular formula is C20H14F3N3O2S. The third-order valence-electron chi connectivity index (χ3n) is 4.48. The zero-order chi connectivity index (χ0) is 20.8. The van der Waals surface area contributed by atoms with E-state index in [-0.39, 0.29) is 16.3 Å². The summed E-state index contributed by atoms with van der Waals surface area (Å²) in [5.74, 6) is 0. The van der Waals surface area contributed by atoms with Crippen molar-refractivity contribution in [3.05, 3.63) is 78.5 Å². The van der Waals surface area contributed by atoms with Crippen LogP contribution in [0, 0.1) is 0 Å². The molecule has 0 aliphatic carbocycles. The highest BCUT2D eigenvalue weighted by Crippen LogP contribution is 2.36. The van der Waals surface area contributed by atoms with Gasteiger partial charge in [0.1, 0.15) is 0 Å². The maximum Gasteiger partial charge on any atom is 0.435 e. The number of rotatable bonds is 3. The van der Waals surface area contributed by atoms with Crippen LogP contribution in [0.5, 0.6) is 0 Å². The standard InChI is InChI=1S/C20H14F3N3O2S/c21-20(22,23)19-12-18(17-7-3-5-13-4-1-2-6-16(13)17)26(25-19)14-8-10-15(11-9-14)29(24,27)28/h1-12H,(H2,24,27,28). The van der Waals surface area contributed by atoms with Gasteiger partial charge >= 0.3 is 6.18 Å². The summed E-state index contributed by atoms with van der Waals surface area (Å²) in [4.78, 5) is -0.142. The van der Waals surface area contributed by atoms with Gasteiger partial charge in [0.05, 0.1) is 16.3 Å². The Morgan fingerprint density at radius 1 is 0.897 bits per heavy atom. The van der Waals surface area contributed by atoms with Crippen molar-refractivity contribution in [3.63, 3.8) is 0 Å². The quantitative estimate of drug-likeness (QED) is 0.538. The van der Waals surface area contributed by atoms with E-state index in [1.807, 2.05) is 24.3 Å². The number of hydrogen-bond donors (Lipinski definition) is 1. The van der Waals surface area contributed by atoms with Crippen LogP contribution in [0.4, 0.5) is 13.2 Å². The predicted molar refractivity (Wildman–Crippen MR) is 103 cm³/mol. The number of aromatic nitrogens is 2. The maximum atomic E-state index is 13.4. The molecule has 4 rings (SSSR count). The second-order valence-corrected chi connectivity index (χ2v) is 7.95. The molecule has 9 heteroatoms. The monoisotopic (exact) mass is 417 g/mol. The minimum Gasteiger partial charge on any atom is -0.232 e. The maximum absolute atomic E-state index is 13.4. The molecule has 0 aliphatic rings. The van der Waals surface area contributed by atoms with Gasteiger partial charge < -0.3 is 0 Å². The molecule has 0 saturated carbocycles. The number of benzene rings is 3. The molecule has 0 fully saturated rings. The Kier molecular flexibility index (Phi) is 4.44. The van der Waals surface area contributed by atoms with Crippen molar-refractivity contribution >= 4 is 20.8 Å². The molecule has 1 aromatic heterocycles. The van der Waals surface area contributed by atoms with E-state index in [1.54, 1.807) is 18.2 Å². The van der Waals surface area contributed by atoms with Gasteiger partial charge in [0, 0.05) is 5.56 Å². The van der Waals surface area contributed by atoms with Crippen molar-refractivity contribution < 1.29 is 21.6 Å². The minimum absolute atomic E-state index is 0.142. The average molecular weight is 417 g/mol. The number of nitrogens with zero attached hydrogens (tertiary/aromatic N) is 2. The first kappa shape index (κ1) is 19.2. The normalized spacial score (nSPS) is 12.4. The van der Waals surface area contributed by atoms with E-state index in [0.717, 1.165) is 21.5 Å². The molecule has 0 aliphatic heterocycles. The summed E-state index contributed by atoms with van der Waals surface area (Å²) in [7, 11) is -3.92. The molecule has 0 amide bonds. The Hall–Kier alpha value is -3.17. The fourth-order valence-electron chi connectivity index (χ4n) is 3.13. The van der Waals surface area contributed by atoms with E-state index in [9.17, 15) is 21.6 Å². The molecule has 3 aromatic carbocycles. The lowest BCUT2D eigenvalue weighted by Crippen LogP contribution is -2.12. The molecule has 0 bridgehead atoms. The number of nitrogens with two attached hydrogens (primary N) is 1. The summed E-state index contributed by atoms with van der Waals surface area (Å²) >= 11 is 0. The molecule has 148 valence electrons. The van der Waals surface area contributed by atoms with Gasteiger partial charge in [-0.3, -0.25) is 0 Å². The lowest BCUT2D eigenvalue weighted by atomic mass is 10.0. The third-order valence-corrected chi connectivity index (χ3v) is 5.40. The predicted octanol–water partition coefficient (Wildman–Crippen LogP) is 4.36. The Balaban J connectivity index is 1.96. The van der Waals surface area contributed by atoms with E-state index in [1.165, 1.54) is 24.3 Å². The molecule has 29 heavy (non-hydrogen) atoms. The van der Waals surface area contributed by atoms with Gasteiger partial charge in [-0.25, -0.2) is 18.2 Å². The van der Waals surface area contributed by atoms with Crippen molar-refractivity contribution in [2.24, 2.45) is 5.14 Å². The fraction of sp³-hybridized carbons (Fsp3) is 0.0500. The lowest BCUT2D eigenvalue weighted by Gasteiger charge is -2.10. The SMILES string of the molecule is NS(=O)(=O)c1ccc(-n2nc(C(F)(F)F)cc2-c2cccc3ccccc23)cc1. The van der Waals surface area contributed by atoms with Gasteiger partial charge in [-0.1, -0.05) is 42.5 Å². The Morgan fingerprint density at radius 2 is 1.55 bits per heavy atom. The van der Waals surface area contributed by atoms with Crippen molar-refractivity contribution in [3.8, 4) is 16.9 Å². The first-order valence-corrected chi connectivity index (χ1v) is 9.98. The van der Waals surface area contributed by atoms with Crippen LogP contribution in [-0.2, 0) is 16.2 Å². The topological polar surface area (TPSA) is 78.0 Å². The van der Waals surface area contributed by atoms with Gasteiger partial charge in [-0.05, 0) is 41.1 Å². The summed E-state index contributed by atoms with van der Waals surface area (Å²) in [6.07, 6.45) is -4.63. The van der Waals surface area contributed by atoms with Crippen LogP contribution in [0.15, 0.2) is 77.7 Å². The number of fused-ring (bicyclic) bond motifs is 1. The van der Waals surface area contributed by atoms with Gasteiger partial charge in [0.2, 0.25) is 10.0 Å². The van der Waals surface area contributed by atoms with E-state index in [0.29, 0.717) is 5.56 Å². The second-order valence-electron chi connectivity index (χ2n) is 6.39. The number of halogens is 3. The number of alkyl halides is 3. The molecule has 2 N–H and O–H groups in total. The van der Waals surface area contributed by atoms with Crippen LogP contribution < -0.4 is 5.14 Å². The van der Waals surface area contributed by atoms with Crippen molar-refractivity contribution in [2.45, 2.75) is 11.1 Å². The Labute approximate surface area is 164 Å². The second kappa shape index (κ2) is 6.71. The molecule has 0 atom stereocenters. The summed E-state index contributed by atoms with van der Waals surface area (Å²) in [5, 5.41) is 10.5. The van der Waals surface area contributed by atoms with Crippen LogP contribution in [0.1, 0.15) is 5.69 Å². The third kappa shape index (κ3) is 3.62. The van der Waals surface area contributed by atoms with Gasteiger partial charge in [-0.2, -0.15) is 18.3 Å². The van der Waals surface area contributed by atoms with Gasteiger partial charge in [-0.15, -0.1) is 0 Å². The molecule has 0 unspecified atom stereocenters. The number of primary sulfonamides is 1. The first-order chi connectivity index (χ1) is 13.6. The Morgan fingerprint density at radius 3 is 2.21 bits per heavy atom. The lowest BCUT2D eigenvalue weighted by molar-refractivity contribution is -0.141. The van der Waals surface area contributed by atoms with Crippen molar-refractivity contribution in [1.82, 2.24) is 9.78 Å². The van der Waals surface area contributed by atoms with E-state index < -0.39 is 21.9 Å². The zero-order valence-corrected chi connectivity index (χ0v) is 15.6. The molecular weight excluding hydrogens is 403 g/mol. The fourth-order valence-corrected chi connectivity index (χ4v) is 3.65. The number of sulfonamides is 1. The van der Waals surface area contributed by atoms with Crippen LogP contribution >= 0.6 is 0 Å². The molecule has 0 spiro atoms. The smallest absolute Gasteiger partial charge is 0.232 e. The number of hydrogen-bond acceptors (Lipinski definition) is 3. The summed E-state index contributed by atoms with van der Waals surface area (Å²) in [6, 6.07) is 18.8. The highest BCUT2D eigenvalue weighted by Gasteiger charge is 2.35. The average Bonchev–Trinajstić information content (AvgIpc) is 3.12. The highest BCUT2D eigenvalue weighted by molar-refractivity contribution is 7.89. The first-order valence-electron chi connectivity index (χ1n) is 8.43. The van der Waals surface area contributed by atoms with Crippen LogP contribution in [0.3, 0.4) is 0 Å². The van der Waals surface area contributed by atoms with Crippen LogP contribution in [-0.4, -0.2) is 18.2 Å². The zero-order valence-electron chi connectivity index (χ0n) is 14.8. The largest absolute Gasteiger partial charge is 0.435 e. The molecule has 5 nitrogen and oxygen atoms in total. The van der Waals surface area contributed by atoms with Gasteiger partial charge in [0.15, 0.2) is 5.69 Å². The van der Waals surface area contributed by atoms with E-state index >= 15 is 0 Å². The molecule has 0 saturated heterocycles.